The molecule has 0 saturated carbocycles. The Morgan fingerprint density at radius 1 is 1.00 bits per heavy atom. The Morgan fingerprint density at radius 2 is 1.76 bits per heavy atom. The molecule has 4 rings (SSSR count). The van der Waals surface area contributed by atoms with Crippen molar-refractivity contribution in [1.82, 2.24) is 0 Å². The predicted octanol–water partition coefficient (Wildman–Crippen LogP) is 6.72. The first-order chi connectivity index (χ1) is 16.6. The Hall–Kier alpha value is -3.24. The lowest BCUT2D eigenvalue weighted by Gasteiger charge is -2.22. The molecule has 1 aliphatic heterocycles. The number of hydrogen-bond acceptors (Lipinski definition) is 4. The van der Waals surface area contributed by atoms with E-state index in [-0.39, 0.29) is 0 Å². The zero-order chi connectivity index (χ0) is 23.9. The molecule has 3 aromatic rings. The molecule has 0 aromatic heterocycles. The normalized spacial score (nSPS) is 13.4. The maximum Gasteiger partial charge on any atom is 0.127 e. The minimum absolute atomic E-state index is 0.483. The molecule has 0 fully saturated rings. The van der Waals surface area contributed by atoms with Gasteiger partial charge >= 0.3 is 0 Å². The number of rotatable bonds is 8. The van der Waals surface area contributed by atoms with Crippen molar-refractivity contribution >= 4 is 34.8 Å². The second-order valence-corrected chi connectivity index (χ2v) is 8.78. The van der Waals surface area contributed by atoms with Crippen molar-refractivity contribution in [1.29, 1.82) is 0 Å². The largest absolute Gasteiger partial charge is 0.488 e. The summed E-state index contributed by atoms with van der Waals surface area (Å²) in [5.41, 5.74) is 6.67. The number of allylic oxidation sites excluding steroid dienone is 1. The highest BCUT2D eigenvalue weighted by Crippen LogP contribution is 2.29. The van der Waals surface area contributed by atoms with Crippen LogP contribution in [0.1, 0.15) is 30.5 Å². The Balaban J connectivity index is 1.66. The number of nitrogens with zero attached hydrogens (tertiary/aromatic N) is 3. The van der Waals surface area contributed by atoms with Crippen molar-refractivity contribution in [3.8, 4) is 5.75 Å². The van der Waals surface area contributed by atoms with Gasteiger partial charge < -0.3 is 14.5 Å². The van der Waals surface area contributed by atoms with Crippen LogP contribution in [0, 0.1) is 0 Å². The van der Waals surface area contributed by atoms with E-state index < -0.39 is 0 Å². The van der Waals surface area contributed by atoms with Crippen LogP contribution in [0.5, 0.6) is 5.75 Å². The molecule has 5 heteroatoms. The minimum Gasteiger partial charge on any atom is -0.488 e. The molecule has 176 valence electrons. The first-order valence-corrected chi connectivity index (χ1v) is 12.3. The van der Waals surface area contributed by atoms with Gasteiger partial charge in [-0.1, -0.05) is 41.9 Å². The van der Waals surface area contributed by atoms with Gasteiger partial charge in [-0.2, -0.15) is 0 Å². The number of anilines is 2. The summed E-state index contributed by atoms with van der Waals surface area (Å²) in [6.45, 7) is 8.42. The van der Waals surface area contributed by atoms with Gasteiger partial charge in [-0.15, -0.1) is 0 Å². The van der Waals surface area contributed by atoms with Crippen LogP contribution in [0.25, 0.3) is 6.08 Å². The van der Waals surface area contributed by atoms with Gasteiger partial charge in [-0.3, -0.25) is 4.99 Å². The first-order valence-electron chi connectivity index (χ1n) is 11.9. The van der Waals surface area contributed by atoms with Crippen LogP contribution >= 0.6 is 11.6 Å². The zero-order valence-corrected chi connectivity index (χ0v) is 20.9. The van der Waals surface area contributed by atoms with E-state index >= 15 is 0 Å². The summed E-state index contributed by atoms with van der Waals surface area (Å²) in [7, 11) is 2.12. The monoisotopic (exact) mass is 473 g/mol. The number of ether oxygens (including phenoxy) is 1. The van der Waals surface area contributed by atoms with E-state index in [0.29, 0.717) is 6.61 Å². The van der Waals surface area contributed by atoms with Crippen LogP contribution in [0.3, 0.4) is 0 Å². The van der Waals surface area contributed by atoms with Crippen LogP contribution in [0.4, 0.5) is 11.4 Å². The maximum atomic E-state index is 6.26. The lowest BCUT2D eigenvalue weighted by atomic mass is 10.0. The Kier molecular flexibility index (Phi) is 7.91. The number of para-hydroxylation sites is 1. The SMILES string of the molecule is CCN(CC)c1ccc(OCc2ccc(Cl)cc2)c(C=CC2=NCCN(C)c3ccccc32)c1. The Labute approximate surface area is 208 Å². The van der Waals surface area contributed by atoms with Crippen LogP contribution in [0.15, 0.2) is 77.8 Å². The zero-order valence-electron chi connectivity index (χ0n) is 20.2. The lowest BCUT2D eigenvalue weighted by Crippen LogP contribution is -2.21. The smallest absolute Gasteiger partial charge is 0.127 e. The van der Waals surface area contributed by atoms with E-state index in [4.69, 9.17) is 21.3 Å². The fraction of sp³-hybridized carbons (Fsp3) is 0.276. The topological polar surface area (TPSA) is 28.1 Å². The highest BCUT2D eigenvalue weighted by molar-refractivity contribution is 6.30. The molecular weight excluding hydrogens is 442 g/mol. The molecule has 0 amide bonds. The van der Waals surface area contributed by atoms with E-state index in [1.165, 1.54) is 11.4 Å². The Morgan fingerprint density at radius 3 is 2.53 bits per heavy atom. The van der Waals surface area contributed by atoms with Crippen molar-refractivity contribution in [3.05, 3.63) is 94.5 Å². The molecule has 0 N–H and O–H groups in total. The number of halogens is 1. The summed E-state index contributed by atoms with van der Waals surface area (Å²) < 4.78 is 6.26. The van der Waals surface area contributed by atoms with E-state index in [0.717, 1.165) is 59.4 Å². The Bertz CT molecular complexity index is 1170. The summed E-state index contributed by atoms with van der Waals surface area (Å²) in [6.07, 6.45) is 4.25. The predicted molar refractivity (Wildman–Crippen MR) is 146 cm³/mol. The minimum atomic E-state index is 0.483. The fourth-order valence-electron chi connectivity index (χ4n) is 4.19. The molecule has 0 saturated heterocycles. The average Bonchev–Trinajstić information content (AvgIpc) is 3.02. The van der Waals surface area contributed by atoms with Gasteiger partial charge in [0.1, 0.15) is 12.4 Å². The molecule has 0 radical (unpaired) electrons. The third-order valence-electron chi connectivity index (χ3n) is 6.16. The van der Waals surface area contributed by atoms with Crippen LogP contribution in [-0.4, -0.2) is 38.9 Å². The van der Waals surface area contributed by atoms with Gasteiger partial charge in [0.25, 0.3) is 0 Å². The third-order valence-corrected chi connectivity index (χ3v) is 6.41. The van der Waals surface area contributed by atoms with Crippen molar-refractivity contribution < 1.29 is 4.74 Å². The highest BCUT2D eigenvalue weighted by atomic mass is 35.5. The molecule has 34 heavy (non-hydrogen) atoms. The number of benzodiazepines with no additional fused rings is 1. The molecular formula is C29H32ClN3O. The van der Waals surface area contributed by atoms with Gasteiger partial charge in [-0.05, 0) is 68.0 Å². The van der Waals surface area contributed by atoms with Gasteiger partial charge in [0, 0.05) is 54.2 Å². The van der Waals surface area contributed by atoms with Crippen LogP contribution < -0.4 is 14.5 Å². The molecule has 1 heterocycles. The summed E-state index contributed by atoms with van der Waals surface area (Å²) in [4.78, 5) is 9.48. The molecule has 0 unspecified atom stereocenters. The van der Waals surface area contributed by atoms with Gasteiger partial charge in [-0.25, -0.2) is 0 Å². The molecule has 3 aromatic carbocycles. The summed E-state index contributed by atoms with van der Waals surface area (Å²) >= 11 is 6.03. The second kappa shape index (κ2) is 11.3. The number of aliphatic imine (C=N–C) groups is 1. The number of fused-ring (bicyclic) bond motifs is 1. The standard InChI is InChI=1S/C29H32ClN3O/c1-4-33(5-2)25-15-17-29(34-21-22-10-13-24(30)14-11-22)23(20-25)12-16-27-26-8-6-7-9-28(26)32(3)19-18-31-27/h6-17,20H,4-5,18-19,21H2,1-3H3. The van der Waals surface area contributed by atoms with Gasteiger partial charge in [0.15, 0.2) is 0 Å². The molecule has 0 bridgehead atoms. The van der Waals surface area contributed by atoms with Crippen molar-refractivity contribution in [2.75, 3.05) is 43.0 Å². The first kappa shape index (κ1) is 23.9. The van der Waals surface area contributed by atoms with Gasteiger partial charge in [0.05, 0.1) is 12.3 Å². The van der Waals surface area contributed by atoms with E-state index in [1.54, 1.807) is 0 Å². The lowest BCUT2D eigenvalue weighted by molar-refractivity contribution is 0.305. The van der Waals surface area contributed by atoms with E-state index in [2.05, 4.69) is 85.3 Å². The molecule has 0 spiro atoms. The fourth-order valence-corrected chi connectivity index (χ4v) is 4.31. The van der Waals surface area contributed by atoms with Crippen molar-refractivity contribution in [3.63, 3.8) is 0 Å². The molecule has 1 aliphatic rings. The van der Waals surface area contributed by atoms with Crippen LogP contribution in [-0.2, 0) is 6.61 Å². The second-order valence-electron chi connectivity index (χ2n) is 8.35. The molecule has 0 aliphatic carbocycles. The number of hydrogen-bond donors (Lipinski definition) is 0. The molecule has 0 atom stereocenters. The van der Waals surface area contributed by atoms with E-state index in [1.807, 2.05) is 24.3 Å². The highest BCUT2D eigenvalue weighted by Gasteiger charge is 2.14. The number of benzene rings is 3. The van der Waals surface area contributed by atoms with Crippen molar-refractivity contribution in [2.45, 2.75) is 20.5 Å². The summed E-state index contributed by atoms with van der Waals surface area (Å²) in [5, 5.41) is 0.728. The quantitative estimate of drug-likeness (QED) is 0.363. The molecule has 4 nitrogen and oxygen atoms in total. The van der Waals surface area contributed by atoms with E-state index in [9.17, 15) is 0 Å². The number of likely N-dealkylation sites (N-methyl/N-ethyl adjacent to an activating group) is 1. The average molecular weight is 474 g/mol. The van der Waals surface area contributed by atoms with Crippen molar-refractivity contribution in [2.24, 2.45) is 4.99 Å². The van der Waals surface area contributed by atoms with Crippen LogP contribution in [0.2, 0.25) is 5.02 Å². The summed E-state index contributed by atoms with van der Waals surface area (Å²) in [5.74, 6) is 0.849. The van der Waals surface area contributed by atoms with Gasteiger partial charge in [0.2, 0.25) is 0 Å². The summed E-state index contributed by atoms with van der Waals surface area (Å²) in [6, 6.07) is 22.6. The third kappa shape index (κ3) is 5.63. The maximum absolute atomic E-state index is 6.26.